The Morgan fingerprint density at radius 3 is 2.70 bits per heavy atom. The standard InChI is InChI=1S/C18H25N3O2/c1-20-14-17(13-19-20)15-21(11-12-23-2)18(22)10-6-9-16-7-4-3-5-8-16/h3-5,7-8,13-14H,6,9-12,15H2,1-2H3. The van der Waals surface area contributed by atoms with Gasteiger partial charge in [0, 0.05) is 45.4 Å². The molecule has 1 aromatic carbocycles. The summed E-state index contributed by atoms with van der Waals surface area (Å²) < 4.78 is 6.88. The lowest BCUT2D eigenvalue weighted by Gasteiger charge is -2.22. The van der Waals surface area contributed by atoms with Gasteiger partial charge in [0.05, 0.1) is 12.8 Å². The van der Waals surface area contributed by atoms with Crippen LogP contribution in [0.15, 0.2) is 42.7 Å². The van der Waals surface area contributed by atoms with Gasteiger partial charge in [-0.2, -0.15) is 5.10 Å². The fourth-order valence-corrected chi connectivity index (χ4v) is 2.51. The highest BCUT2D eigenvalue weighted by atomic mass is 16.5. The molecule has 0 fully saturated rings. The van der Waals surface area contributed by atoms with Crippen molar-refractivity contribution in [3.05, 3.63) is 53.9 Å². The summed E-state index contributed by atoms with van der Waals surface area (Å²) in [6, 6.07) is 10.3. The fourth-order valence-electron chi connectivity index (χ4n) is 2.51. The largest absolute Gasteiger partial charge is 0.383 e. The lowest BCUT2D eigenvalue weighted by Crippen LogP contribution is -2.33. The van der Waals surface area contributed by atoms with Gasteiger partial charge < -0.3 is 9.64 Å². The lowest BCUT2D eigenvalue weighted by atomic mass is 10.1. The molecule has 1 aromatic heterocycles. The third-order valence-corrected chi connectivity index (χ3v) is 3.75. The number of hydrogen-bond acceptors (Lipinski definition) is 3. The van der Waals surface area contributed by atoms with Gasteiger partial charge in [-0.15, -0.1) is 0 Å². The molecule has 0 N–H and O–H groups in total. The minimum Gasteiger partial charge on any atom is -0.383 e. The molecular weight excluding hydrogens is 290 g/mol. The van der Waals surface area contributed by atoms with Gasteiger partial charge in [-0.3, -0.25) is 9.48 Å². The van der Waals surface area contributed by atoms with E-state index < -0.39 is 0 Å². The van der Waals surface area contributed by atoms with Crippen LogP contribution in [0.3, 0.4) is 0 Å². The van der Waals surface area contributed by atoms with Gasteiger partial charge >= 0.3 is 0 Å². The number of ether oxygens (including phenoxy) is 1. The summed E-state index contributed by atoms with van der Waals surface area (Å²) >= 11 is 0. The quantitative estimate of drug-likeness (QED) is 0.714. The normalized spacial score (nSPS) is 10.7. The summed E-state index contributed by atoms with van der Waals surface area (Å²) in [4.78, 5) is 14.3. The third kappa shape index (κ3) is 5.87. The molecule has 0 bridgehead atoms. The Morgan fingerprint density at radius 2 is 2.04 bits per heavy atom. The average molecular weight is 315 g/mol. The summed E-state index contributed by atoms with van der Waals surface area (Å²) in [6.45, 7) is 1.74. The van der Waals surface area contributed by atoms with Crippen LogP contribution in [0, 0.1) is 0 Å². The van der Waals surface area contributed by atoms with Crippen LogP contribution in [0.4, 0.5) is 0 Å². The summed E-state index contributed by atoms with van der Waals surface area (Å²) in [5.74, 6) is 0.168. The molecule has 2 rings (SSSR count). The number of carbonyl (C=O) groups is 1. The second-order valence-corrected chi connectivity index (χ2v) is 5.67. The number of benzene rings is 1. The van der Waals surface area contributed by atoms with E-state index in [1.165, 1.54) is 5.56 Å². The summed E-state index contributed by atoms with van der Waals surface area (Å²) in [5.41, 5.74) is 2.32. The van der Waals surface area contributed by atoms with Gasteiger partial charge in [0.2, 0.25) is 5.91 Å². The van der Waals surface area contributed by atoms with Crippen molar-refractivity contribution >= 4 is 5.91 Å². The Balaban J connectivity index is 1.85. The van der Waals surface area contributed by atoms with E-state index in [-0.39, 0.29) is 5.91 Å². The third-order valence-electron chi connectivity index (χ3n) is 3.75. The zero-order chi connectivity index (χ0) is 16.5. The van der Waals surface area contributed by atoms with Crippen LogP contribution in [0.1, 0.15) is 24.0 Å². The fraction of sp³-hybridized carbons (Fsp3) is 0.444. The highest BCUT2D eigenvalue weighted by Gasteiger charge is 2.14. The van der Waals surface area contributed by atoms with Crippen LogP contribution in [-0.4, -0.2) is 40.8 Å². The smallest absolute Gasteiger partial charge is 0.222 e. The number of aromatic nitrogens is 2. The van der Waals surface area contributed by atoms with Crippen LogP contribution in [-0.2, 0) is 29.5 Å². The molecule has 23 heavy (non-hydrogen) atoms. The van der Waals surface area contributed by atoms with Crippen LogP contribution in [0.5, 0.6) is 0 Å². The maximum Gasteiger partial charge on any atom is 0.222 e. The van der Waals surface area contributed by atoms with E-state index in [1.807, 2.05) is 36.3 Å². The average Bonchev–Trinajstić information content (AvgIpc) is 2.97. The van der Waals surface area contributed by atoms with E-state index in [2.05, 4.69) is 17.2 Å². The molecule has 0 radical (unpaired) electrons. The highest BCUT2D eigenvalue weighted by molar-refractivity contribution is 5.76. The SMILES string of the molecule is COCCN(Cc1cnn(C)c1)C(=O)CCCc1ccccc1. The van der Waals surface area contributed by atoms with Crippen molar-refractivity contribution in [1.29, 1.82) is 0 Å². The minimum atomic E-state index is 0.168. The molecule has 124 valence electrons. The van der Waals surface area contributed by atoms with E-state index in [1.54, 1.807) is 18.0 Å². The van der Waals surface area contributed by atoms with Crippen LogP contribution >= 0.6 is 0 Å². The van der Waals surface area contributed by atoms with Gasteiger partial charge in [0.1, 0.15) is 0 Å². The van der Waals surface area contributed by atoms with Gasteiger partial charge in [0.15, 0.2) is 0 Å². The molecule has 0 atom stereocenters. The van der Waals surface area contributed by atoms with Gasteiger partial charge in [0.25, 0.3) is 0 Å². The summed E-state index contributed by atoms with van der Waals surface area (Å²) in [6.07, 6.45) is 6.09. The first-order chi connectivity index (χ1) is 11.2. The minimum absolute atomic E-state index is 0.168. The second kappa shape index (κ2) is 9.10. The molecule has 5 nitrogen and oxygen atoms in total. The first-order valence-corrected chi connectivity index (χ1v) is 7.97. The summed E-state index contributed by atoms with van der Waals surface area (Å²) in [7, 11) is 3.53. The monoisotopic (exact) mass is 315 g/mol. The van der Waals surface area contributed by atoms with Crippen LogP contribution < -0.4 is 0 Å². The number of hydrogen-bond donors (Lipinski definition) is 0. The van der Waals surface area contributed by atoms with E-state index in [4.69, 9.17) is 4.74 Å². The Labute approximate surface area is 137 Å². The van der Waals surface area contributed by atoms with Crippen LogP contribution in [0.25, 0.3) is 0 Å². The van der Waals surface area contributed by atoms with E-state index >= 15 is 0 Å². The predicted octanol–water partition coefficient (Wildman–Crippen LogP) is 2.42. The second-order valence-electron chi connectivity index (χ2n) is 5.67. The molecule has 0 aliphatic rings. The maximum atomic E-state index is 12.5. The molecule has 2 aromatic rings. The molecule has 0 saturated heterocycles. The molecule has 0 unspecified atom stereocenters. The Bertz CT molecular complexity index is 595. The van der Waals surface area contributed by atoms with Crippen molar-refractivity contribution in [1.82, 2.24) is 14.7 Å². The van der Waals surface area contributed by atoms with Crippen molar-refractivity contribution < 1.29 is 9.53 Å². The zero-order valence-electron chi connectivity index (χ0n) is 13.9. The van der Waals surface area contributed by atoms with E-state index in [0.29, 0.717) is 26.1 Å². The van der Waals surface area contributed by atoms with Gasteiger partial charge in [-0.1, -0.05) is 30.3 Å². The number of aryl methyl sites for hydroxylation is 2. The van der Waals surface area contributed by atoms with E-state index in [9.17, 15) is 4.79 Å². The van der Waals surface area contributed by atoms with Gasteiger partial charge in [-0.05, 0) is 18.4 Å². The van der Waals surface area contributed by atoms with Crippen molar-refractivity contribution in [3.8, 4) is 0 Å². The molecule has 0 spiro atoms. The number of nitrogens with zero attached hydrogens (tertiary/aromatic N) is 3. The van der Waals surface area contributed by atoms with Crippen molar-refractivity contribution in [2.24, 2.45) is 7.05 Å². The Hall–Kier alpha value is -2.14. The predicted molar refractivity (Wildman–Crippen MR) is 89.9 cm³/mol. The number of amides is 1. The first-order valence-electron chi connectivity index (χ1n) is 7.97. The molecule has 5 heteroatoms. The Kier molecular flexibility index (Phi) is 6.81. The number of carbonyl (C=O) groups excluding carboxylic acids is 1. The van der Waals surface area contributed by atoms with Crippen molar-refractivity contribution in [2.75, 3.05) is 20.3 Å². The van der Waals surface area contributed by atoms with Crippen molar-refractivity contribution in [2.45, 2.75) is 25.8 Å². The summed E-state index contributed by atoms with van der Waals surface area (Å²) in [5, 5.41) is 4.16. The van der Waals surface area contributed by atoms with Crippen LogP contribution in [0.2, 0.25) is 0 Å². The first kappa shape index (κ1) is 17.2. The molecular formula is C18H25N3O2. The zero-order valence-corrected chi connectivity index (χ0v) is 13.9. The highest BCUT2D eigenvalue weighted by Crippen LogP contribution is 2.09. The molecule has 1 amide bonds. The van der Waals surface area contributed by atoms with Gasteiger partial charge in [-0.25, -0.2) is 0 Å². The number of methoxy groups -OCH3 is 1. The molecule has 1 heterocycles. The topological polar surface area (TPSA) is 47.4 Å². The molecule has 0 saturated carbocycles. The molecule has 0 aliphatic heterocycles. The van der Waals surface area contributed by atoms with E-state index in [0.717, 1.165) is 18.4 Å². The Morgan fingerprint density at radius 1 is 1.26 bits per heavy atom. The number of rotatable bonds is 9. The van der Waals surface area contributed by atoms with Crippen molar-refractivity contribution in [3.63, 3.8) is 0 Å². The maximum absolute atomic E-state index is 12.5. The molecule has 0 aliphatic carbocycles. The lowest BCUT2D eigenvalue weighted by molar-refractivity contribution is -0.132.